The molecule has 4 aliphatic carbocycles. The van der Waals surface area contributed by atoms with Crippen LogP contribution in [0.1, 0.15) is 32.1 Å². The first kappa shape index (κ1) is 11.1. The van der Waals surface area contributed by atoms with Crippen LogP contribution in [0.4, 0.5) is 0 Å². The summed E-state index contributed by atoms with van der Waals surface area (Å²) in [6.07, 6.45) is 6.12. The average molecular weight is 332 g/mol. The number of ether oxygens (including phenoxy) is 1. The molecule has 4 fully saturated rings. The summed E-state index contributed by atoms with van der Waals surface area (Å²) in [5, 5.41) is 0. The molecule has 0 aliphatic heterocycles. The van der Waals surface area contributed by atoms with Crippen LogP contribution in [0, 0.1) is 17.8 Å². The maximum Gasteiger partial charge on any atom is 0.334 e. The molecule has 4 aliphatic rings. The lowest BCUT2D eigenvalue weighted by Crippen LogP contribution is -2.39. The van der Waals surface area contributed by atoms with Gasteiger partial charge in [-0.2, -0.15) is 0 Å². The van der Waals surface area contributed by atoms with Gasteiger partial charge in [0.2, 0.25) is 0 Å². The second-order valence-electron chi connectivity index (χ2n) is 5.78. The first-order valence-corrected chi connectivity index (χ1v) is 7.61. The molecule has 0 saturated heterocycles. The highest BCUT2D eigenvalue weighted by atomic mass is 127. The smallest absolute Gasteiger partial charge is 0.334 e. The Hall–Kier alpha value is -0.0600. The van der Waals surface area contributed by atoms with Crippen LogP contribution in [-0.2, 0) is 9.53 Å². The van der Waals surface area contributed by atoms with Crippen LogP contribution < -0.4 is 0 Å². The van der Waals surface area contributed by atoms with E-state index in [-0.39, 0.29) is 11.6 Å². The van der Waals surface area contributed by atoms with Crippen molar-refractivity contribution in [3.05, 3.63) is 12.2 Å². The van der Waals surface area contributed by atoms with Crippen LogP contribution in [0.5, 0.6) is 0 Å². The molecule has 2 nitrogen and oxygen atoms in total. The topological polar surface area (TPSA) is 26.3 Å². The summed E-state index contributed by atoms with van der Waals surface area (Å²) >= 11 is 2.16. The number of hydrogen-bond donors (Lipinski definition) is 0. The van der Waals surface area contributed by atoms with Crippen LogP contribution in [0.3, 0.4) is 0 Å². The van der Waals surface area contributed by atoms with Crippen LogP contribution in [0.25, 0.3) is 0 Å². The summed E-state index contributed by atoms with van der Waals surface area (Å²) in [5.74, 6) is 2.37. The van der Waals surface area contributed by atoms with Crippen LogP contribution in [-0.4, -0.2) is 16.0 Å². The molecule has 16 heavy (non-hydrogen) atoms. The fraction of sp³-hybridized carbons (Fsp3) is 0.769. The van der Waals surface area contributed by atoms with Crippen LogP contribution >= 0.6 is 22.6 Å². The van der Waals surface area contributed by atoms with Gasteiger partial charge in [-0.05, 0) is 49.9 Å². The van der Waals surface area contributed by atoms with E-state index in [1.165, 1.54) is 12.8 Å². The lowest BCUT2D eigenvalue weighted by Gasteiger charge is -2.37. The minimum atomic E-state index is -0.156. The quantitative estimate of drug-likeness (QED) is 0.344. The number of hydrogen-bond acceptors (Lipinski definition) is 2. The van der Waals surface area contributed by atoms with Gasteiger partial charge in [-0.15, -0.1) is 0 Å². The Kier molecular flexibility index (Phi) is 2.57. The SMILES string of the molecule is C=C(CI)C(=O)OC12CC3CC(C1)C(C3)C2. The molecule has 4 bridgehead atoms. The van der Waals surface area contributed by atoms with E-state index in [9.17, 15) is 4.79 Å². The van der Waals surface area contributed by atoms with Gasteiger partial charge in [0.25, 0.3) is 0 Å². The first-order chi connectivity index (χ1) is 7.62. The third kappa shape index (κ3) is 1.62. The molecule has 2 atom stereocenters. The van der Waals surface area contributed by atoms with Gasteiger partial charge in [0, 0.05) is 10.0 Å². The largest absolute Gasteiger partial charge is 0.456 e. The van der Waals surface area contributed by atoms with Crippen LogP contribution in [0.15, 0.2) is 12.2 Å². The summed E-state index contributed by atoms with van der Waals surface area (Å²) in [6.45, 7) is 3.77. The van der Waals surface area contributed by atoms with Gasteiger partial charge in [0.05, 0.1) is 0 Å². The molecular weight excluding hydrogens is 315 g/mol. The lowest BCUT2D eigenvalue weighted by molar-refractivity contribution is -0.159. The van der Waals surface area contributed by atoms with Crippen molar-refractivity contribution in [2.45, 2.75) is 37.7 Å². The van der Waals surface area contributed by atoms with Gasteiger partial charge in [-0.3, -0.25) is 0 Å². The van der Waals surface area contributed by atoms with E-state index in [4.69, 9.17) is 4.74 Å². The molecule has 0 aromatic rings. The van der Waals surface area contributed by atoms with Gasteiger partial charge in [0.15, 0.2) is 0 Å². The highest BCUT2D eigenvalue weighted by Gasteiger charge is 2.57. The third-order valence-corrected chi connectivity index (χ3v) is 5.55. The maximum absolute atomic E-state index is 11.8. The maximum atomic E-state index is 11.8. The van der Waals surface area contributed by atoms with Crippen molar-refractivity contribution in [2.24, 2.45) is 17.8 Å². The summed E-state index contributed by atoms with van der Waals surface area (Å²) in [5.41, 5.74) is 0.514. The second-order valence-corrected chi connectivity index (χ2v) is 6.54. The van der Waals surface area contributed by atoms with E-state index < -0.39 is 0 Å². The molecule has 0 heterocycles. The Morgan fingerprint density at radius 3 is 2.44 bits per heavy atom. The number of rotatable bonds is 3. The van der Waals surface area contributed by atoms with Gasteiger partial charge in [0.1, 0.15) is 5.60 Å². The average Bonchev–Trinajstić information content (AvgIpc) is 2.64. The molecule has 0 amide bonds. The Morgan fingerprint density at radius 2 is 1.94 bits per heavy atom. The van der Waals surface area contributed by atoms with Crippen molar-refractivity contribution in [2.75, 3.05) is 4.43 Å². The van der Waals surface area contributed by atoms with E-state index in [1.54, 1.807) is 0 Å². The van der Waals surface area contributed by atoms with Crippen molar-refractivity contribution < 1.29 is 9.53 Å². The number of esters is 1. The predicted molar refractivity (Wildman–Crippen MR) is 70.4 cm³/mol. The number of halogens is 1. The monoisotopic (exact) mass is 332 g/mol. The lowest BCUT2D eigenvalue weighted by atomic mass is 9.78. The van der Waals surface area contributed by atoms with E-state index in [2.05, 4.69) is 29.2 Å². The fourth-order valence-corrected chi connectivity index (χ4v) is 4.50. The first-order valence-electron chi connectivity index (χ1n) is 6.09. The minimum absolute atomic E-state index is 0.0949. The number of carbonyl (C=O) groups excluding carboxylic acids is 1. The Bertz CT molecular complexity index is 330. The molecule has 0 aromatic heterocycles. The van der Waals surface area contributed by atoms with Crippen molar-refractivity contribution in [1.82, 2.24) is 0 Å². The van der Waals surface area contributed by atoms with E-state index >= 15 is 0 Å². The number of alkyl halides is 1. The summed E-state index contributed by atoms with van der Waals surface area (Å²) in [4.78, 5) is 11.8. The molecule has 4 saturated carbocycles. The summed E-state index contributed by atoms with van der Waals surface area (Å²) in [7, 11) is 0. The molecule has 0 N–H and O–H groups in total. The third-order valence-electron chi connectivity index (χ3n) is 4.63. The fourth-order valence-electron chi connectivity index (χ4n) is 4.18. The van der Waals surface area contributed by atoms with Gasteiger partial charge < -0.3 is 4.74 Å². The zero-order valence-corrected chi connectivity index (χ0v) is 11.5. The Labute approximate surface area is 110 Å². The molecule has 0 radical (unpaired) electrons. The van der Waals surface area contributed by atoms with Crippen LogP contribution in [0.2, 0.25) is 0 Å². The van der Waals surface area contributed by atoms with Gasteiger partial charge in [-0.1, -0.05) is 29.2 Å². The van der Waals surface area contributed by atoms with Gasteiger partial charge in [-0.25, -0.2) is 4.79 Å². The van der Waals surface area contributed by atoms with Crippen molar-refractivity contribution >= 4 is 28.6 Å². The molecule has 0 spiro atoms. The number of carbonyl (C=O) groups is 1. The van der Waals surface area contributed by atoms with Gasteiger partial charge >= 0.3 is 5.97 Å². The predicted octanol–water partition coefficient (Wildman–Crippen LogP) is 3.10. The van der Waals surface area contributed by atoms with E-state index in [0.29, 0.717) is 10.0 Å². The molecule has 0 aromatic carbocycles. The Balaban J connectivity index is 1.72. The molecule has 88 valence electrons. The highest BCUT2D eigenvalue weighted by Crippen LogP contribution is 2.61. The summed E-state index contributed by atoms with van der Waals surface area (Å²) in [6, 6.07) is 0. The van der Waals surface area contributed by atoms with E-state index in [1.807, 2.05) is 0 Å². The van der Waals surface area contributed by atoms with Crippen molar-refractivity contribution in [3.8, 4) is 0 Å². The summed E-state index contributed by atoms with van der Waals surface area (Å²) < 4.78 is 6.45. The molecule has 4 rings (SSSR count). The standard InChI is InChI=1S/C13H17IO2/c1-8(7-14)12(15)16-13-4-9-2-10(5-13)11(3-9)6-13/h9-11H,1-7H2. The molecule has 2 unspecified atom stereocenters. The zero-order chi connectivity index (χ0) is 11.3. The highest BCUT2D eigenvalue weighted by molar-refractivity contribution is 14.1. The van der Waals surface area contributed by atoms with E-state index in [0.717, 1.165) is 37.0 Å². The Morgan fingerprint density at radius 1 is 1.31 bits per heavy atom. The molecule has 3 heteroatoms. The zero-order valence-electron chi connectivity index (χ0n) is 9.38. The molecular formula is C13H17IO2. The normalized spacial score (nSPS) is 43.7. The minimum Gasteiger partial charge on any atom is -0.456 e. The van der Waals surface area contributed by atoms with Crippen molar-refractivity contribution in [3.63, 3.8) is 0 Å². The second kappa shape index (κ2) is 3.72. The van der Waals surface area contributed by atoms with Crippen molar-refractivity contribution in [1.29, 1.82) is 0 Å².